The van der Waals surface area contributed by atoms with Crippen molar-refractivity contribution < 1.29 is 9.53 Å². The molecule has 0 fully saturated rings. The van der Waals surface area contributed by atoms with Crippen LogP contribution in [0.15, 0.2) is 84.9 Å². The molecule has 0 aromatic heterocycles. The van der Waals surface area contributed by atoms with E-state index < -0.39 is 0 Å². The first kappa shape index (κ1) is 23.7. The standard InChI is InChI=1S/C29H29ClN2O2/c1-20(2)15-29(33)32-25-11-6-10-24(17-25)31-18-27-26-12-4-3-8-22(26)13-14-28(27)34-19-21-7-5-9-23(30)16-21/h3-14,16-17,20,31H,15,18-19H2,1-2H3,(H,32,33). The second-order valence-electron chi connectivity index (χ2n) is 8.76. The second kappa shape index (κ2) is 11.1. The molecule has 0 radical (unpaired) electrons. The summed E-state index contributed by atoms with van der Waals surface area (Å²) in [5, 5.41) is 9.48. The monoisotopic (exact) mass is 472 g/mol. The van der Waals surface area contributed by atoms with Crippen molar-refractivity contribution in [2.75, 3.05) is 10.6 Å². The van der Waals surface area contributed by atoms with Gasteiger partial charge in [-0.05, 0) is 58.7 Å². The number of fused-ring (bicyclic) bond motifs is 1. The molecule has 0 aliphatic carbocycles. The largest absolute Gasteiger partial charge is 0.489 e. The number of benzene rings is 4. The van der Waals surface area contributed by atoms with Crippen molar-refractivity contribution in [3.8, 4) is 5.75 Å². The maximum absolute atomic E-state index is 12.2. The van der Waals surface area contributed by atoms with Gasteiger partial charge in [-0.1, -0.05) is 74.0 Å². The predicted molar refractivity (Wildman–Crippen MR) is 142 cm³/mol. The van der Waals surface area contributed by atoms with Crippen molar-refractivity contribution in [2.24, 2.45) is 5.92 Å². The molecule has 0 heterocycles. The van der Waals surface area contributed by atoms with Crippen LogP contribution < -0.4 is 15.4 Å². The third kappa shape index (κ3) is 6.30. The zero-order valence-corrected chi connectivity index (χ0v) is 20.2. The van der Waals surface area contributed by atoms with Gasteiger partial charge in [0.2, 0.25) is 5.91 Å². The molecule has 5 heteroatoms. The van der Waals surface area contributed by atoms with Gasteiger partial charge in [0, 0.05) is 34.9 Å². The highest BCUT2D eigenvalue weighted by molar-refractivity contribution is 6.30. The van der Waals surface area contributed by atoms with E-state index in [0.29, 0.717) is 30.5 Å². The summed E-state index contributed by atoms with van der Waals surface area (Å²) in [6.45, 7) is 5.08. The van der Waals surface area contributed by atoms with Gasteiger partial charge in [0.05, 0.1) is 0 Å². The van der Waals surface area contributed by atoms with E-state index in [2.05, 4.69) is 28.8 Å². The number of hydrogen-bond donors (Lipinski definition) is 2. The maximum Gasteiger partial charge on any atom is 0.224 e. The summed E-state index contributed by atoms with van der Waals surface area (Å²) in [5.74, 6) is 1.17. The van der Waals surface area contributed by atoms with Crippen LogP contribution in [-0.4, -0.2) is 5.91 Å². The van der Waals surface area contributed by atoms with Crippen LogP contribution in [0.3, 0.4) is 0 Å². The summed E-state index contributed by atoms with van der Waals surface area (Å²) in [4.78, 5) is 12.2. The fraction of sp³-hybridized carbons (Fsp3) is 0.207. The molecule has 4 rings (SSSR count). The number of anilines is 2. The summed E-state index contributed by atoms with van der Waals surface area (Å²) < 4.78 is 6.23. The van der Waals surface area contributed by atoms with E-state index in [1.165, 1.54) is 0 Å². The van der Waals surface area contributed by atoms with E-state index in [4.69, 9.17) is 16.3 Å². The molecule has 0 atom stereocenters. The molecule has 174 valence electrons. The minimum Gasteiger partial charge on any atom is -0.489 e. The normalized spacial score (nSPS) is 10.9. The average molecular weight is 473 g/mol. The number of carbonyl (C=O) groups excluding carboxylic acids is 1. The van der Waals surface area contributed by atoms with Gasteiger partial charge in [0.1, 0.15) is 12.4 Å². The molecule has 0 unspecified atom stereocenters. The Balaban J connectivity index is 1.53. The molecule has 34 heavy (non-hydrogen) atoms. The third-order valence-corrected chi connectivity index (χ3v) is 5.73. The van der Waals surface area contributed by atoms with Crippen LogP contribution in [0.25, 0.3) is 10.8 Å². The fourth-order valence-electron chi connectivity index (χ4n) is 3.90. The molecule has 0 saturated heterocycles. The summed E-state index contributed by atoms with van der Waals surface area (Å²) in [6.07, 6.45) is 0.501. The lowest BCUT2D eigenvalue weighted by Crippen LogP contribution is -2.14. The van der Waals surface area contributed by atoms with E-state index in [1.54, 1.807) is 0 Å². The molecule has 4 aromatic carbocycles. The molecule has 0 aliphatic rings. The number of rotatable bonds is 9. The van der Waals surface area contributed by atoms with Gasteiger partial charge in [-0.25, -0.2) is 0 Å². The minimum atomic E-state index is 0.0258. The number of carbonyl (C=O) groups is 1. The highest BCUT2D eigenvalue weighted by atomic mass is 35.5. The summed E-state index contributed by atoms with van der Waals surface area (Å²) >= 11 is 6.13. The lowest BCUT2D eigenvalue weighted by atomic mass is 10.0. The zero-order chi connectivity index (χ0) is 23.9. The van der Waals surface area contributed by atoms with Crippen LogP contribution >= 0.6 is 11.6 Å². The highest BCUT2D eigenvalue weighted by Gasteiger charge is 2.11. The number of nitrogens with one attached hydrogen (secondary N) is 2. The van der Waals surface area contributed by atoms with Crippen molar-refractivity contribution in [3.05, 3.63) is 101 Å². The minimum absolute atomic E-state index is 0.0258. The Hall–Kier alpha value is -3.50. The molecule has 1 amide bonds. The highest BCUT2D eigenvalue weighted by Crippen LogP contribution is 2.30. The van der Waals surface area contributed by atoms with Crippen LogP contribution in [0.2, 0.25) is 5.02 Å². The molecular formula is C29H29ClN2O2. The molecule has 2 N–H and O–H groups in total. The third-order valence-electron chi connectivity index (χ3n) is 5.49. The van der Waals surface area contributed by atoms with Gasteiger partial charge >= 0.3 is 0 Å². The summed E-state index contributed by atoms with van der Waals surface area (Å²) in [6, 6.07) is 27.9. The average Bonchev–Trinajstić information content (AvgIpc) is 2.81. The maximum atomic E-state index is 12.2. The van der Waals surface area contributed by atoms with E-state index in [-0.39, 0.29) is 5.91 Å². The van der Waals surface area contributed by atoms with E-state index in [9.17, 15) is 4.79 Å². The van der Waals surface area contributed by atoms with Gasteiger partial charge in [0.25, 0.3) is 0 Å². The lowest BCUT2D eigenvalue weighted by molar-refractivity contribution is -0.116. The van der Waals surface area contributed by atoms with Gasteiger partial charge < -0.3 is 15.4 Å². The van der Waals surface area contributed by atoms with Crippen LogP contribution in [0.1, 0.15) is 31.4 Å². The summed E-state index contributed by atoms with van der Waals surface area (Å²) in [7, 11) is 0. The lowest BCUT2D eigenvalue weighted by Gasteiger charge is -2.16. The Morgan fingerprint density at radius 2 is 1.71 bits per heavy atom. The van der Waals surface area contributed by atoms with E-state index in [1.807, 2.05) is 80.6 Å². The molecular weight excluding hydrogens is 444 g/mol. The topological polar surface area (TPSA) is 50.4 Å². The second-order valence-corrected chi connectivity index (χ2v) is 9.20. The van der Waals surface area contributed by atoms with E-state index in [0.717, 1.165) is 39.0 Å². The Labute approximate surface area is 205 Å². The quantitative estimate of drug-likeness (QED) is 0.263. The van der Waals surface area contributed by atoms with Crippen molar-refractivity contribution in [3.63, 3.8) is 0 Å². The Morgan fingerprint density at radius 3 is 2.53 bits per heavy atom. The molecule has 0 bridgehead atoms. The van der Waals surface area contributed by atoms with Crippen molar-refractivity contribution in [2.45, 2.75) is 33.4 Å². The molecule has 4 aromatic rings. The van der Waals surface area contributed by atoms with Crippen LogP contribution in [0.5, 0.6) is 5.75 Å². The number of amides is 1. The molecule has 0 saturated carbocycles. The molecule has 0 aliphatic heterocycles. The van der Waals surface area contributed by atoms with E-state index >= 15 is 0 Å². The fourth-order valence-corrected chi connectivity index (χ4v) is 4.11. The van der Waals surface area contributed by atoms with Crippen LogP contribution in [-0.2, 0) is 17.9 Å². The Bertz CT molecular complexity index is 1290. The van der Waals surface area contributed by atoms with Crippen LogP contribution in [0.4, 0.5) is 11.4 Å². The smallest absolute Gasteiger partial charge is 0.224 e. The summed E-state index contributed by atoms with van der Waals surface area (Å²) in [5.41, 5.74) is 3.81. The SMILES string of the molecule is CC(C)CC(=O)Nc1cccc(NCc2c(OCc3cccc(Cl)c3)ccc3ccccc23)c1. The van der Waals surface area contributed by atoms with Crippen molar-refractivity contribution in [1.82, 2.24) is 0 Å². The van der Waals surface area contributed by atoms with Crippen molar-refractivity contribution >= 4 is 39.7 Å². The van der Waals surface area contributed by atoms with Gasteiger partial charge in [-0.15, -0.1) is 0 Å². The van der Waals surface area contributed by atoms with Crippen LogP contribution in [0, 0.1) is 5.92 Å². The van der Waals surface area contributed by atoms with Crippen molar-refractivity contribution in [1.29, 1.82) is 0 Å². The van der Waals surface area contributed by atoms with Gasteiger partial charge in [0.15, 0.2) is 0 Å². The predicted octanol–water partition coefficient (Wildman–Crippen LogP) is 7.67. The number of hydrogen-bond acceptors (Lipinski definition) is 3. The molecule has 4 nitrogen and oxygen atoms in total. The molecule has 0 spiro atoms. The number of ether oxygens (including phenoxy) is 1. The first-order chi connectivity index (χ1) is 16.5. The first-order valence-corrected chi connectivity index (χ1v) is 11.9. The van der Waals surface area contributed by atoms with Gasteiger partial charge in [-0.3, -0.25) is 4.79 Å². The number of halogens is 1. The zero-order valence-electron chi connectivity index (χ0n) is 19.5. The first-order valence-electron chi connectivity index (χ1n) is 11.5. The van der Waals surface area contributed by atoms with Gasteiger partial charge in [-0.2, -0.15) is 0 Å². The Kier molecular flexibility index (Phi) is 7.71. The Morgan fingerprint density at radius 1 is 0.912 bits per heavy atom.